The van der Waals surface area contributed by atoms with Crippen LogP contribution in [0.2, 0.25) is 0 Å². The van der Waals surface area contributed by atoms with Crippen LogP contribution in [0.5, 0.6) is 5.75 Å². The third-order valence-electron chi connectivity index (χ3n) is 3.52. The second-order valence-electron chi connectivity index (χ2n) is 5.46. The maximum absolute atomic E-state index is 10.6. The topological polar surface area (TPSA) is 59.4 Å². The van der Waals surface area contributed by atoms with Gasteiger partial charge in [-0.05, 0) is 49.9 Å². The first-order valence-corrected chi connectivity index (χ1v) is 8.19. The fourth-order valence-corrected chi connectivity index (χ4v) is 3.04. The molecule has 2 rings (SSSR count). The molecule has 1 aromatic heterocycles. The minimum atomic E-state index is -0.842. The molecule has 5 heteroatoms. The number of carboxylic acids is 1. The van der Waals surface area contributed by atoms with Crippen LogP contribution >= 0.6 is 11.3 Å². The molecular formula is C17H21NO3S. The number of aryl methyl sites for hydroxylation is 4. The van der Waals surface area contributed by atoms with E-state index in [1.165, 1.54) is 22.5 Å². The first-order chi connectivity index (χ1) is 10.5. The number of ether oxygens (including phenoxy) is 1. The van der Waals surface area contributed by atoms with Crippen LogP contribution in [0.25, 0.3) is 0 Å². The van der Waals surface area contributed by atoms with Crippen molar-refractivity contribution < 1.29 is 14.6 Å². The molecule has 1 N–H and O–H groups in total. The van der Waals surface area contributed by atoms with Crippen molar-refractivity contribution in [1.29, 1.82) is 0 Å². The Morgan fingerprint density at radius 2 is 1.95 bits per heavy atom. The molecule has 22 heavy (non-hydrogen) atoms. The number of hydrogen-bond acceptors (Lipinski definition) is 4. The maximum atomic E-state index is 10.6. The molecule has 2 aromatic rings. The monoisotopic (exact) mass is 319 g/mol. The molecule has 1 aromatic carbocycles. The molecular weight excluding hydrogens is 298 g/mol. The number of aliphatic carboxylic acids is 1. The molecule has 0 unspecified atom stereocenters. The van der Waals surface area contributed by atoms with Gasteiger partial charge in [-0.25, -0.2) is 4.98 Å². The van der Waals surface area contributed by atoms with E-state index in [-0.39, 0.29) is 6.42 Å². The van der Waals surface area contributed by atoms with Crippen molar-refractivity contribution in [3.63, 3.8) is 0 Å². The zero-order valence-electron chi connectivity index (χ0n) is 13.2. The number of hydrogen-bond donors (Lipinski definition) is 1. The standard InChI is InChI=1S/C17H21NO3S/c1-11-7-13(3)15(8-12(11)2)21-6-4-5-16-18-14(10-22-16)9-17(19)20/h7-8,10H,4-6,9H2,1-3H3,(H,19,20). The molecule has 0 amide bonds. The van der Waals surface area contributed by atoms with Crippen LogP contribution in [0.3, 0.4) is 0 Å². The lowest BCUT2D eigenvalue weighted by molar-refractivity contribution is -0.136. The third-order valence-corrected chi connectivity index (χ3v) is 4.47. The van der Waals surface area contributed by atoms with Crippen molar-refractivity contribution in [2.75, 3.05) is 6.61 Å². The third kappa shape index (κ3) is 4.56. The van der Waals surface area contributed by atoms with Gasteiger partial charge in [-0.3, -0.25) is 4.79 Å². The van der Waals surface area contributed by atoms with E-state index in [0.29, 0.717) is 12.3 Å². The van der Waals surface area contributed by atoms with Crippen LogP contribution in [0.4, 0.5) is 0 Å². The summed E-state index contributed by atoms with van der Waals surface area (Å²) in [5.74, 6) is 0.0965. The fourth-order valence-electron chi connectivity index (χ4n) is 2.19. The van der Waals surface area contributed by atoms with Crippen LogP contribution in [0.15, 0.2) is 17.5 Å². The molecule has 0 atom stereocenters. The van der Waals surface area contributed by atoms with Crippen LogP contribution in [0.1, 0.15) is 33.8 Å². The first kappa shape index (κ1) is 16.5. The van der Waals surface area contributed by atoms with Gasteiger partial charge in [-0.1, -0.05) is 6.07 Å². The number of aromatic nitrogens is 1. The number of nitrogens with zero attached hydrogens (tertiary/aromatic N) is 1. The highest BCUT2D eigenvalue weighted by atomic mass is 32.1. The largest absolute Gasteiger partial charge is 0.493 e. The Bertz CT molecular complexity index is 664. The molecule has 0 fully saturated rings. The fraction of sp³-hybridized carbons (Fsp3) is 0.412. The Morgan fingerprint density at radius 3 is 2.68 bits per heavy atom. The smallest absolute Gasteiger partial charge is 0.309 e. The molecule has 0 bridgehead atoms. The van der Waals surface area contributed by atoms with E-state index in [0.717, 1.165) is 29.2 Å². The van der Waals surface area contributed by atoms with Gasteiger partial charge < -0.3 is 9.84 Å². The summed E-state index contributed by atoms with van der Waals surface area (Å²) in [4.78, 5) is 14.9. The van der Waals surface area contributed by atoms with E-state index in [1.807, 2.05) is 5.38 Å². The molecule has 0 aliphatic rings. The summed E-state index contributed by atoms with van der Waals surface area (Å²) >= 11 is 1.52. The lowest BCUT2D eigenvalue weighted by atomic mass is 10.1. The van der Waals surface area contributed by atoms with Crippen molar-refractivity contribution in [2.24, 2.45) is 0 Å². The highest BCUT2D eigenvalue weighted by molar-refractivity contribution is 7.09. The summed E-state index contributed by atoms with van der Waals surface area (Å²) in [7, 11) is 0. The van der Waals surface area contributed by atoms with Gasteiger partial charge in [-0.15, -0.1) is 11.3 Å². The average Bonchev–Trinajstić information content (AvgIpc) is 2.87. The summed E-state index contributed by atoms with van der Waals surface area (Å²) in [6, 6.07) is 4.22. The molecule has 0 saturated heterocycles. The lowest BCUT2D eigenvalue weighted by Gasteiger charge is -2.11. The number of benzene rings is 1. The summed E-state index contributed by atoms with van der Waals surface area (Å²) in [6.07, 6.45) is 1.68. The average molecular weight is 319 g/mol. The van der Waals surface area contributed by atoms with Gasteiger partial charge in [0.25, 0.3) is 0 Å². The van der Waals surface area contributed by atoms with Gasteiger partial charge in [-0.2, -0.15) is 0 Å². The van der Waals surface area contributed by atoms with Crippen molar-refractivity contribution in [1.82, 2.24) is 4.98 Å². The predicted molar refractivity (Wildman–Crippen MR) is 87.9 cm³/mol. The second kappa shape index (κ2) is 7.40. The Morgan fingerprint density at radius 1 is 1.23 bits per heavy atom. The zero-order chi connectivity index (χ0) is 16.1. The molecule has 0 aliphatic carbocycles. The van der Waals surface area contributed by atoms with Crippen LogP contribution in [0, 0.1) is 20.8 Å². The van der Waals surface area contributed by atoms with Gasteiger partial charge in [0, 0.05) is 11.8 Å². The van der Waals surface area contributed by atoms with Crippen LogP contribution in [-0.4, -0.2) is 22.7 Å². The Kier molecular flexibility index (Phi) is 5.55. The molecule has 118 valence electrons. The lowest BCUT2D eigenvalue weighted by Crippen LogP contribution is -2.02. The molecule has 0 radical (unpaired) electrons. The van der Waals surface area contributed by atoms with Gasteiger partial charge in [0.2, 0.25) is 0 Å². The van der Waals surface area contributed by atoms with Crippen LogP contribution in [-0.2, 0) is 17.6 Å². The highest BCUT2D eigenvalue weighted by Crippen LogP contribution is 2.22. The molecule has 4 nitrogen and oxygen atoms in total. The van der Waals surface area contributed by atoms with Crippen molar-refractivity contribution >= 4 is 17.3 Å². The molecule has 1 heterocycles. The van der Waals surface area contributed by atoms with Crippen molar-refractivity contribution in [3.8, 4) is 5.75 Å². The first-order valence-electron chi connectivity index (χ1n) is 7.31. The molecule has 0 spiro atoms. The van der Waals surface area contributed by atoms with E-state index >= 15 is 0 Å². The zero-order valence-corrected chi connectivity index (χ0v) is 14.0. The van der Waals surface area contributed by atoms with Gasteiger partial charge in [0.15, 0.2) is 0 Å². The summed E-state index contributed by atoms with van der Waals surface area (Å²) in [6.45, 7) is 6.88. The molecule has 0 saturated carbocycles. The van der Waals surface area contributed by atoms with Crippen molar-refractivity contribution in [2.45, 2.75) is 40.0 Å². The quantitative estimate of drug-likeness (QED) is 0.790. The number of thiazole rings is 1. The van der Waals surface area contributed by atoms with Crippen molar-refractivity contribution in [3.05, 3.63) is 44.9 Å². The SMILES string of the molecule is Cc1cc(C)c(OCCCc2nc(CC(=O)O)cs2)cc1C. The minimum absolute atomic E-state index is 0.00512. The predicted octanol–water partition coefficient (Wildman–Crippen LogP) is 3.71. The minimum Gasteiger partial charge on any atom is -0.493 e. The van der Waals surface area contributed by atoms with E-state index in [4.69, 9.17) is 9.84 Å². The molecule has 0 aliphatic heterocycles. The number of rotatable bonds is 7. The highest BCUT2D eigenvalue weighted by Gasteiger charge is 2.07. The number of carboxylic acid groups (broad SMARTS) is 1. The Labute approximate surface area is 134 Å². The maximum Gasteiger partial charge on any atom is 0.309 e. The van der Waals surface area contributed by atoms with Crippen LogP contribution < -0.4 is 4.74 Å². The van der Waals surface area contributed by atoms with E-state index < -0.39 is 5.97 Å². The van der Waals surface area contributed by atoms with Gasteiger partial charge in [0.1, 0.15) is 5.75 Å². The van der Waals surface area contributed by atoms with Gasteiger partial charge >= 0.3 is 5.97 Å². The normalized spacial score (nSPS) is 10.7. The van der Waals surface area contributed by atoms with E-state index in [9.17, 15) is 4.79 Å². The van der Waals surface area contributed by atoms with E-state index in [1.54, 1.807) is 0 Å². The summed E-state index contributed by atoms with van der Waals surface area (Å²) < 4.78 is 5.85. The second-order valence-corrected chi connectivity index (χ2v) is 6.40. The Balaban J connectivity index is 1.81. The van der Waals surface area contributed by atoms with Gasteiger partial charge in [0.05, 0.1) is 23.7 Å². The van der Waals surface area contributed by atoms with E-state index in [2.05, 4.69) is 37.9 Å². The number of carbonyl (C=O) groups is 1. The summed E-state index contributed by atoms with van der Waals surface area (Å²) in [5.41, 5.74) is 4.30. The Hall–Kier alpha value is -1.88. The summed E-state index contributed by atoms with van der Waals surface area (Å²) in [5, 5.41) is 11.5.